The van der Waals surface area contributed by atoms with Gasteiger partial charge < -0.3 is 5.32 Å². The van der Waals surface area contributed by atoms with E-state index in [1.165, 1.54) is 6.07 Å². The quantitative estimate of drug-likeness (QED) is 0.784. The molecule has 0 atom stereocenters. The molecular weight excluding hydrogens is 205 g/mol. The van der Waals surface area contributed by atoms with Crippen molar-refractivity contribution in [3.05, 3.63) is 34.1 Å². The summed E-state index contributed by atoms with van der Waals surface area (Å²) in [4.78, 5) is 11.5. The molecule has 0 fully saturated rings. The zero-order chi connectivity index (χ0) is 10.7. The summed E-state index contributed by atoms with van der Waals surface area (Å²) in [7, 11) is 1.62. The Kier molecular flexibility index (Phi) is 3.61. The van der Waals surface area contributed by atoms with E-state index in [0.29, 0.717) is 5.56 Å². The van der Waals surface area contributed by atoms with Gasteiger partial charge in [0.15, 0.2) is 5.78 Å². The molecular formula is C10H11ClFNO. The molecule has 4 heteroatoms. The van der Waals surface area contributed by atoms with Crippen LogP contribution in [0.2, 0.25) is 5.02 Å². The fraction of sp³-hybridized carbons (Fsp3) is 0.300. The Morgan fingerprint density at radius 3 is 2.79 bits per heavy atom. The Labute approximate surface area is 87.1 Å². The standard InChI is InChI=1S/C10H11ClFNO/c1-6-3-4-7(12)9(10(6)11)8(14)5-13-2/h3-4,13H,5H2,1-2H3. The van der Waals surface area contributed by atoms with Crippen LogP contribution in [0, 0.1) is 12.7 Å². The third-order valence-corrected chi connectivity index (χ3v) is 2.39. The first-order valence-corrected chi connectivity index (χ1v) is 4.58. The molecule has 0 spiro atoms. The normalized spacial score (nSPS) is 10.3. The molecule has 1 N–H and O–H groups in total. The molecule has 0 aliphatic carbocycles. The highest BCUT2D eigenvalue weighted by Gasteiger charge is 2.16. The first-order chi connectivity index (χ1) is 6.57. The predicted molar refractivity (Wildman–Crippen MR) is 54.4 cm³/mol. The molecule has 76 valence electrons. The molecule has 0 saturated carbocycles. The number of benzene rings is 1. The van der Waals surface area contributed by atoms with Crippen LogP contribution in [0.15, 0.2) is 12.1 Å². The number of hydrogen-bond acceptors (Lipinski definition) is 2. The minimum absolute atomic E-state index is 0.0268. The molecule has 1 aromatic rings. The van der Waals surface area contributed by atoms with Gasteiger partial charge >= 0.3 is 0 Å². The highest BCUT2D eigenvalue weighted by atomic mass is 35.5. The van der Waals surface area contributed by atoms with Gasteiger partial charge in [0.25, 0.3) is 0 Å². The molecule has 0 saturated heterocycles. The summed E-state index contributed by atoms with van der Waals surface area (Å²) in [5.41, 5.74) is 0.675. The number of rotatable bonds is 3. The fourth-order valence-electron chi connectivity index (χ4n) is 1.16. The van der Waals surface area contributed by atoms with Gasteiger partial charge in [0.05, 0.1) is 17.1 Å². The van der Waals surface area contributed by atoms with Gasteiger partial charge in [-0.3, -0.25) is 4.79 Å². The van der Waals surface area contributed by atoms with Crippen LogP contribution in [-0.4, -0.2) is 19.4 Å². The van der Waals surface area contributed by atoms with E-state index in [1.807, 2.05) is 0 Å². The lowest BCUT2D eigenvalue weighted by Crippen LogP contribution is -2.20. The summed E-state index contributed by atoms with van der Waals surface area (Å²) >= 11 is 5.84. The molecule has 0 amide bonds. The molecule has 0 aromatic heterocycles. The molecule has 0 heterocycles. The Hall–Kier alpha value is -0.930. The first-order valence-electron chi connectivity index (χ1n) is 4.20. The second kappa shape index (κ2) is 4.53. The third kappa shape index (κ3) is 2.11. The topological polar surface area (TPSA) is 29.1 Å². The van der Waals surface area contributed by atoms with Crippen molar-refractivity contribution in [1.82, 2.24) is 5.32 Å². The summed E-state index contributed by atoms with van der Waals surface area (Å²) in [5.74, 6) is -0.903. The summed E-state index contributed by atoms with van der Waals surface area (Å²) in [6.07, 6.45) is 0. The zero-order valence-corrected chi connectivity index (χ0v) is 8.78. The maximum absolute atomic E-state index is 13.3. The molecule has 0 radical (unpaired) electrons. The number of carbonyl (C=O) groups excluding carboxylic acids is 1. The van der Waals surface area contributed by atoms with Crippen molar-refractivity contribution in [2.75, 3.05) is 13.6 Å². The van der Waals surface area contributed by atoms with E-state index in [1.54, 1.807) is 20.0 Å². The van der Waals surface area contributed by atoms with Crippen molar-refractivity contribution in [2.24, 2.45) is 0 Å². The van der Waals surface area contributed by atoms with Crippen LogP contribution < -0.4 is 5.32 Å². The number of ketones is 1. The van der Waals surface area contributed by atoms with Gasteiger partial charge in [-0.25, -0.2) is 4.39 Å². The lowest BCUT2D eigenvalue weighted by molar-refractivity contribution is 0.0990. The van der Waals surface area contributed by atoms with E-state index in [-0.39, 0.29) is 22.9 Å². The van der Waals surface area contributed by atoms with Crippen LogP contribution >= 0.6 is 11.6 Å². The zero-order valence-electron chi connectivity index (χ0n) is 8.03. The number of halogens is 2. The minimum atomic E-state index is -0.569. The van der Waals surface area contributed by atoms with Crippen LogP contribution in [0.3, 0.4) is 0 Å². The average molecular weight is 216 g/mol. The summed E-state index contributed by atoms with van der Waals surface area (Å²) in [5, 5.41) is 2.86. The van der Waals surface area contributed by atoms with E-state index in [4.69, 9.17) is 11.6 Å². The molecule has 1 rings (SSSR count). The van der Waals surface area contributed by atoms with Crippen molar-refractivity contribution in [1.29, 1.82) is 0 Å². The second-order valence-corrected chi connectivity index (χ2v) is 3.38. The maximum atomic E-state index is 13.3. The Morgan fingerprint density at radius 1 is 1.57 bits per heavy atom. The van der Waals surface area contributed by atoms with Gasteiger partial charge in [-0.15, -0.1) is 0 Å². The lowest BCUT2D eigenvalue weighted by Gasteiger charge is -2.06. The van der Waals surface area contributed by atoms with Gasteiger partial charge in [-0.05, 0) is 25.6 Å². The van der Waals surface area contributed by atoms with Crippen LogP contribution in [0.5, 0.6) is 0 Å². The molecule has 0 aliphatic rings. The van der Waals surface area contributed by atoms with Gasteiger partial charge in [0.2, 0.25) is 0 Å². The number of aryl methyl sites for hydroxylation is 1. The smallest absolute Gasteiger partial charge is 0.181 e. The summed E-state index contributed by atoms with van der Waals surface area (Å²) in [6.45, 7) is 1.82. The van der Waals surface area contributed by atoms with Crippen LogP contribution in [0.25, 0.3) is 0 Å². The lowest BCUT2D eigenvalue weighted by atomic mass is 10.1. The Balaban J connectivity index is 3.18. The van der Waals surface area contributed by atoms with Crippen molar-refractivity contribution in [3.63, 3.8) is 0 Å². The predicted octanol–water partition coefficient (Wildman–Crippen LogP) is 2.19. The SMILES string of the molecule is CNCC(=O)c1c(F)ccc(C)c1Cl. The summed E-state index contributed by atoms with van der Waals surface area (Å²) in [6, 6.07) is 2.80. The van der Waals surface area contributed by atoms with Gasteiger partial charge in [0.1, 0.15) is 5.82 Å². The monoisotopic (exact) mass is 215 g/mol. The van der Waals surface area contributed by atoms with Crippen molar-refractivity contribution in [3.8, 4) is 0 Å². The Bertz CT molecular complexity index is 365. The number of hydrogen-bond donors (Lipinski definition) is 1. The van der Waals surface area contributed by atoms with Crippen molar-refractivity contribution < 1.29 is 9.18 Å². The average Bonchev–Trinajstić information content (AvgIpc) is 2.13. The molecule has 1 aromatic carbocycles. The van der Waals surface area contributed by atoms with E-state index >= 15 is 0 Å². The van der Waals surface area contributed by atoms with Crippen molar-refractivity contribution in [2.45, 2.75) is 6.92 Å². The molecule has 0 aliphatic heterocycles. The van der Waals surface area contributed by atoms with Crippen molar-refractivity contribution >= 4 is 17.4 Å². The third-order valence-electron chi connectivity index (χ3n) is 1.90. The van der Waals surface area contributed by atoms with Gasteiger partial charge in [0, 0.05) is 0 Å². The molecule has 14 heavy (non-hydrogen) atoms. The number of nitrogens with one attached hydrogen (secondary N) is 1. The van der Waals surface area contributed by atoms with E-state index in [9.17, 15) is 9.18 Å². The first kappa shape index (κ1) is 11.1. The highest BCUT2D eigenvalue weighted by molar-refractivity contribution is 6.34. The van der Waals surface area contributed by atoms with E-state index in [2.05, 4.69) is 5.32 Å². The van der Waals surface area contributed by atoms with Gasteiger partial charge in [-0.1, -0.05) is 17.7 Å². The van der Waals surface area contributed by atoms with Gasteiger partial charge in [-0.2, -0.15) is 0 Å². The maximum Gasteiger partial charge on any atom is 0.181 e. The molecule has 0 unspecified atom stereocenters. The number of likely N-dealkylation sites (N-methyl/N-ethyl adjacent to an activating group) is 1. The fourth-order valence-corrected chi connectivity index (χ4v) is 1.42. The van der Waals surface area contributed by atoms with E-state index < -0.39 is 5.82 Å². The largest absolute Gasteiger partial charge is 0.313 e. The number of carbonyl (C=O) groups is 1. The summed E-state index contributed by atoms with van der Waals surface area (Å²) < 4.78 is 13.3. The second-order valence-electron chi connectivity index (χ2n) is 3.01. The minimum Gasteiger partial charge on any atom is -0.313 e. The number of Topliss-reactive ketones (excluding diaryl/α,β-unsaturated/α-hetero) is 1. The Morgan fingerprint density at radius 2 is 2.21 bits per heavy atom. The molecule has 2 nitrogen and oxygen atoms in total. The molecule has 0 bridgehead atoms. The van der Waals surface area contributed by atoms with Crippen LogP contribution in [0.1, 0.15) is 15.9 Å². The van der Waals surface area contributed by atoms with Crippen LogP contribution in [0.4, 0.5) is 4.39 Å². The van der Waals surface area contributed by atoms with E-state index in [0.717, 1.165) is 0 Å². The van der Waals surface area contributed by atoms with Crippen LogP contribution in [-0.2, 0) is 0 Å². The highest BCUT2D eigenvalue weighted by Crippen LogP contribution is 2.23.